The van der Waals surface area contributed by atoms with Crippen LogP contribution in [0.25, 0.3) is 0 Å². The van der Waals surface area contributed by atoms with E-state index < -0.39 is 0 Å². The number of allylic oxidation sites excluding steroid dienone is 3. The molecule has 0 aliphatic rings. The number of hydrogen-bond donors (Lipinski definition) is 0. The molecule has 1 heteroatoms. The molecule has 0 N–H and O–H groups in total. The molecule has 0 aromatic rings. The Morgan fingerprint density at radius 2 is 2.00 bits per heavy atom. The second-order valence-corrected chi connectivity index (χ2v) is 1.27. The first-order valence-electron chi connectivity index (χ1n) is 1.54. The van der Waals surface area contributed by atoms with E-state index in [1.165, 1.54) is 6.08 Å². The Labute approximate surface area is 47.8 Å². The second kappa shape index (κ2) is 4.97. The zero-order valence-electron chi connectivity index (χ0n) is 3.24. The van der Waals surface area contributed by atoms with E-state index >= 15 is 0 Å². The Hall–Kier alpha value is -0.0266. The van der Waals surface area contributed by atoms with Gasteiger partial charge in [0.2, 0.25) is 0 Å². The predicted molar refractivity (Wildman–Crippen MR) is 24.1 cm³/mol. The topological polar surface area (TPSA) is 0 Å². The van der Waals surface area contributed by atoms with Gasteiger partial charge in [0.15, 0.2) is 0 Å². The molecule has 0 rings (SSSR count). The van der Waals surface area contributed by atoms with Crippen LogP contribution in [-0.2, 0) is 17.9 Å². The van der Waals surface area contributed by atoms with E-state index in [2.05, 4.69) is 17.9 Å². The second-order valence-electron chi connectivity index (χ2n) is 0.695. The van der Waals surface area contributed by atoms with Gasteiger partial charge < -0.3 is 0 Å². The van der Waals surface area contributed by atoms with Gasteiger partial charge in [0, 0.05) is 0 Å². The van der Waals surface area contributed by atoms with Gasteiger partial charge in [-0.3, -0.25) is 0 Å². The van der Waals surface area contributed by atoms with Crippen molar-refractivity contribution < 1.29 is 17.9 Å². The molecule has 0 nitrogen and oxygen atoms in total. The van der Waals surface area contributed by atoms with Crippen molar-refractivity contribution in [1.82, 2.24) is 0 Å². The average Bonchev–Trinajstić information content (AvgIpc) is 1.61. The molecular formula is C5H5Ru. The molecule has 0 spiro atoms. The maximum atomic E-state index is 4.97. The fraction of sp³-hybridized carbons (Fsp3) is 0. The summed E-state index contributed by atoms with van der Waals surface area (Å²) in [5, 5.41) is 0. The van der Waals surface area contributed by atoms with Crippen LogP contribution in [0, 0.1) is 6.58 Å². The third-order valence-corrected chi connectivity index (χ3v) is 0.625. The minimum absolute atomic E-state index is 1.49. The van der Waals surface area contributed by atoms with Crippen LogP contribution in [0.2, 0.25) is 0 Å². The minimum atomic E-state index is 1.49. The van der Waals surface area contributed by atoms with Gasteiger partial charge in [0.1, 0.15) is 0 Å². The van der Waals surface area contributed by atoms with Crippen LogP contribution >= 0.6 is 0 Å². The number of rotatable bonds is 2. The van der Waals surface area contributed by atoms with E-state index in [0.29, 0.717) is 0 Å². The Kier molecular flexibility index (Phi) is 4.95. The summed E-state index contributed by atoms with van der Waals surface area (Å²) in [5.74, 6) is 0. The fourth-order valence-corrected chi connectivity index (χ4v) is 0.297. The van der Waals surface area contributed by atoms with Crippen molar-refractivity contribution in [2.45, 2.75) is 0 Å². The van der Waals surface area contributed by atoms with Crippen molar-refractivity contribution in [2.75, 3.05) is 0 Å². The predicted octanol–water partition coefficient (Wildman–Crippen LogP) is 0.881. The van der Waals surface area contributed by atoms with Crippen molar-refractivity contribution in [1.29, 1.82) is 0 Å². The molecule has 0 unspecified atom stereocenters. The summed E-state index contributed by atoms with van der Waals surface area (Å²) < 4.78 is 1.85. The standard InChI is InChI=1S/C5H5.Ru/c1-3-5-4-2;/h1-5H;/q-1;+1/b5-3-;. The summed E-state index contributed by atoms with van der Waals surface area (Å²) in [4.78, 5) is 0. The summed E-state index contributed by atoms with van der Waals surface area (Å²) in [6, 6.07) is 0. The zero-order valence-corrected chi connectivity index (χ0v) is 4.98. The van der Waals surface area contributed by atoms with E-state index in [4.69, 9.17) is 6.58 Å². The van der Waals surface area contributed by atoms with E-state index in [-0.39, 0.29) is 0 Å². The third-order valence-electron chi connectivity index (χ3n) is 0.290. The molecule has 33 valence electrons. The van der Waals surface area contributed by atoms with Gasteiger partial charge in [-0.1, -0.05) is 0 Å². The van der Waals surface area contributed by atoms with Crippen molar-refractivity contribution >= 4 is 4.61 Å². The molecule has 0 saturated carbocycles. The van der Waals surface area contributed by atoms with E-state index in [0.717, 1.165) is 0 Å². The molecule has 6 heavy (non-hydrogen) atoms. The molecule has 0 aromatic heterocycles. The quantitative estimate of drug-likeness (QED) is 0.324. The van der Waals surface area contributed by atoms with E-state index in [1.54, 1.807) is 6.08 Å². The van der Waals surface area contributed by atoms with Crippen LogP contribution in [0.3, 0.4) is 0 Å². The first-order chi connectivity index (χ1) is 2.91. The normalized spacial score (nSPS) is 8.67. The molecule has 0 atom stereocenters. The number of hydrogen-bond acceptors (Lipinski definition) is 0. The summed E-state index contributed by atoms with van der Waals surface area (Å²) >= 11 is 2.36. The van der Waals surface area contributed by atoms with Gasteiger partial charge in [0.25, 0.3) is 0 Å². The van der Waals surface area contributed by atoms with Crippen LogP contribution < -0.4 is 0 Å². The SMILES string of the molecule is [CH-]=C/C=C\[CH]=[Ru+]. The van der Waals surface area contributed by atoms with Crippen LogP contribution in [0.5, 0.6) is 0 Å². The average molecular weight is 166 g/mol. The van der Waals surface area contributed by atoms with Gasteiger partial charge in [-0.05, 0) is 0 Å². The van der Waals surface area contributed by atoms with Crippen molar-refractivity contribution in [3.63, 3.8) is 0 Å². The van der Waals surface area contributed by atoms with Crippen LogP contribution in [0.15, 0.2) is 18.2 Å². The van der Waals surface area contributed by atoms with Gasteiger partial charge in [-0.2, -0.15) is 0 Å². The van der Waals surface area contributed by atoms with Gasteiger partial charge in [0.05, 0.1) is 0 Å². The summed E-state index contributed by atoms with van der Waals surface area (Å²) in [7, 11) is 0. The van der Waals surface area contributed by atoms with Gasteiger partial charge >= 0.3 is 47.3 Å². The maximum absolute atomic E-state index is 4.97. The Balaban J connectivity index is 3.17. The molecule has 0 saturated heterocycles. The fourth-order valence-electron chi connectivity index (χ4n) is 0.103. The van der Waals surface area contributed by atoms with E-state index in [9.17, 15) is 0 Å². The van der Waals surface area contributed by atoms with Crippen molar-refractivity contribution in [3.8, 4) is 0 Å². The Bertz CT molecular complexity index is 62.0. The van der Waals surface area contributed by atoms with Crippen LogP contribution in [0.1, 0.15) is 0 Å². The zero-order chi connectivity index (χ0) is 4.83. The molecule has 0 amide bonds. The third kappa shape index (κ3) is 3.97. The molecule has 0 radical (unpaired) electrons. The molecule has 0 fully saturated rings. The summed E-state index contributed by atoms with van der Waals surface area (Å²) in [6.07, 6.45) is 5.09. The molecular weight excluding hydrogens is 161 g/mol. The first-order valence-corrected chi connectivity index (χ1v) is 2.54. The molecule has 0 aliphatic carbocycles. The summed E-state index contributed by atoms with van der Waals surface area (Å²) in [6.45, 7) is 4.97. The van der Waals surface area contributed by atoms with Crippen LogP contribution in [-0.4, -0.2) is 4.61 Å². The molecule has 0 aliphatic heterocycles. The van der Waals surface area contributed by atoms with Gasteiger partial charge in [-0.15, -0.1) is 0 Å². The molecule has 0 heterocycles. The summed E-state index contributed by atoms with van der Waals surface area (Å²) in [5.41, 5.74) is 0. The van der Waals surface area contributed by atoms with Crippen molar-refractivity contribution in [3.05, 3.63) is 24.8 Å². The van der Waals surface area contributed by atoms with Crippen molar-refractivity contribution in [2.24, 2.45) is 0 Å². The Morgan fingerprint density at radius 1 is 1.33 bits per heavy atom. The van der Waals surface area contributed by atoms with E-state index in [1.807, 2.05) is 10.7 Å². The first kappa shape index (κ1) is 5.97. The van der Waals surface area contributed by atoms with Crippen LogP contribution in [0.4, 0.5) is 0 Å². The molecule has 0 bridgehead atoms. The monoisotopic (exact) mass is 167 g/mol. The Morgan fingerprint density at radius 3 is 2.17 bits per heavy atom. The van der Waals surface area contributed by atoms with Gasteiger partial charge in [-0.25, -0.2) is 0 Å². The molecule has 0 aromatic carbocycles.